The lowest BCUT2D eigenvalue weighted by atomic mass is 10.1. The maximum Gasteiger partial charge on any atom is 0.177 e. The van der Waals surface area contributed by atoms with Crippen molar-refractivity contribution in [3.8, 4) is 5.82 Å². The van der Waals surface area contributed by atoms with Crippen molar-refractivity contribution >= 4 is 21.6 Å². The lowest BCUT2D eigenvalue weighted by molar-refractivity contribution is 0.128. The van der Waals surface area contributed by atoms with Gasteiger partial charge >= 0.3 is 0 Å². The molecule has 0 radical (unpaired) electrons. The SMILES string of the molecule is CCCc1c(Cc2ccnn2-c2ncccc2Br)ncn2nc(COCC)nc12. The monoisotopic (exact) mass is 455 g/mol. The Morgan fingerprint density at radius 3 is 2.83 bits per heavy atom. The van der Waals surface area contributed by atoms with Gasteiger partial charge in [0.25, 0.3) is 0 Å². The lowest BCUT2D eigenvalue weighted by Gasteiger charge is -2.11. The highest BCUT2D eigenvalue weighted by Gasteiger charge is 2.17. The first-order valence-electron chi connectivity index (χ1n) is 9.64. The van der Waals surface area contributed by atoms with Crippen LogP contribution in [-0.4, -0.2) is 41.0 Å². The average molecular weight is 456 g/mol. The molecule has 4 heterocycles. The van der Waals surface area contributed by atoms with Crippen molar-refractivity contribution in [1.29, 1.82) is 0 Å². The van der Waals surface area contributed by atoms with Crippen molar-refractivity contribution in [2.24, 2.45) is 0 Å². The summed E-state index contributed by atoms with van der Waals surface area (Å²) in [6, 6.07) is 5.83. The van der Waals surface area contributed by atoms with Crippen molar-refractivity contribution < 1.29 is 4.74 Å². The second-order valence-electron chi connectivity index (χ2n) is 6.57. The zero-order valence-electron chi connectivity index (χ0n) is 16.4. The van der Waals surface area contributed by atoms with Crippen LogP contribution in [0.3, 0.4) is 0 Å². The molecule has 0 saturated heterocycles. The van der Waals surface area contributed by atoms with Gasteiger partial charge in [-0.15, -0.1) is 5.10 Å². The van der Waals surface area contributed by atoms with Gasteiger partial charge in [0.15, 0.2) is 17.3 Å². The third kappa shape index (κ3) is 4.06. The van der Waals surface area contributed by atoms with Gasteiger partial charge in [-0.2, -0.15) is 5.10 Å². The fraction of sp³-hybridized carbons (Fsp3) is 0.350. The number of aryl methyl sites for hydroxylation is 1. The first kappa shape index (κ1) is 19.7. The van der Waals surface area contributed by atoms with Crippen molar-refractivity contribution in [2.75, 3.05) is 6.61 Å². The highest BCUT2D eigenvalue weighted by Crippen LogP contribution is 2.22. The summed E-state index contributed by atoms with van der Waals surface area (Å²) in [5, 5.41) is 8.96. The van der Waals surface area contributed by atoms with E-state index < -0.39 is 0 Å². The molecule has 0 saturated carbocycles. The summed E-state index contributed by atoms with van der Waals surface area (Å²) in [7, 11) is 0. The molecule has 0 bridgehead atoms. The predicted molar refractivity (Wildman–Crippen MR) is 112 cm³/mol. The summed E-state index contributed by atoms with van der Waals surface area (Å²) >= 11 is 3.56. The van der Waals surface area contributed by atoms with Crippen LogP contribution in [0.15, 0.2) is 41.4 Å². The molecule has 150 valence electrons. The van der Waals surface area contributed by atoms with E-state index in [4.69, 9.17) is 14.7 Å². The van der Waals surface area contributed by atoms with Crippen LogP contribution in [0.25, 0.3) is 11.5 Å². The van der Waals surface area contributed by atoms with Gasteiger partial charge in [-0.25, -0.2) is 24.1 Å². The Bertz CT molecular complexity index is 1120. The Balaban J connectivity index is 1.72. The Labute approximate surface area is 177 Å². The summed E-state index contributed by atoms with van der Waals surface area (Å²) in [5.74, 6) is 1.43. The maximum atomic E-state index is 5.46. The number of hydrogen-bond acceptors (Lipinski definition) is 6. The third-order valence-corrected chi connectivity index (χ3v) is 5.18. The number of fused-ring (bicyclic) bond motifs is 1. The second kappa shape index (κ2) is 8.79. The Kier molecular flexibility index (Phi) is 5.96. The average Bonchev–Trinajstić information content (AvgIpc) is 3.35. The Hall–Kier alpha value is -2.65. The molecular weight excluding hydrogens is 434 g/mol. The molecule has 8 nitrogen and oxygen atoms in total. The number of pyridine rings is 1. The predicted octanol–water partition coefficient (Wildman–Crippen LogP) is 3.55. The molecule has 0 spiro atoms. The summed E-state index contributed by atoms with van der Waals surface area (Å²) in [5.41, 5.74) is 3.94. The van der Waals surface area contributed by atoms with Crippen LogP contribution in [0, 0.1) is 0 Å². The van der Waals surface area contributed by atoms with Gasteiger partial charge in [-0.05, 0) is 47.5 Å². The van der Waals surface area contributed by atoms with Crippen molar-refractivity contribution in [3.05, 3.63) is 64.2 Å². The molecule has 29 heavy (non-hydrogen) atoms. The molecule has 0 N–H and O–H groups in total. The fourth-order valence-electron chi connectivity index (χ4n) is 3.26. The standard InChI is InChI=1S/C20H22BrN7O/c1-3-6-15-17(23-13-27-19(15)25-18(26-27)12-29-4-2)11-14-8-10-24-28(14)20-16(21)7-5-9-22-20/h5,7-10,13H,3-4,6,11-12H2,1-2H3. The Morgan fingerprint density at radius 1 is 1.14 bits per heavy atom. The van der Waals surface area contributed by atoms with E-state index in [-0.39, 0.29) is 0 Å². The number of ether oxygens (including phenoxy) is 1. The van der Waals surface area contributed by atoms with Gasteiger partial charge in [-0.3, -0.25) is 0 Å². The molecule has 0 aliphatic heterocycles. The number of hydrogen-bond donors (Lipinski definition) is 0. The molecule has 0 aliphatic carbocycles. The zero-order chi connectivity index (χ0) is 20.2. The summed E-state index contributed by atoms with van der Waals surface area (Å²) in [6.07, 6.45) is 7.76. The maximum absolute atomic E-state index is 5.46. The van der Waals surface area contributed by atoms with E-state index in [1.165, 1.54) is 0 Å². The van der Waals surface area contributed by atoms with E-state index in [1.54, 1.807) is 23.2 Å². The van der Waals surface area contributed by atoms with Crippen LogP contribution < -0.4 is 0 Å². The van der Waals surface area contributed by atoms with E-state index in [2.05, 4.69) is 38.0 Å². The highest BCUT2D eigenvalue weighted by molar-refractivity contribution is 9.10. The third-order valence-electron chi connectivity index (χ3n) is 4.56. The largest absolute Gasteiger partial charge is 0.374 e. The van der Waals surface area contributed by atoms with Crippen LogP contribution >= 0.6 is 15.9 Å². The van der Waals surface area contributed by atoms with Crippen LogP contribution in [0.2, 0.25) is 0 Å². The van der Waals surface area contributed by atoms with E-state index >= 15 is 0 Å². The fourth-order valence-corrected chi connectivity index (χ4v) is 3.68. The number of nitrogens with zero attached hydrogens (tertiary/aromatic N) is 7. The van der Waals surface area contributed by atoms with Gasteiger partial charge < -0.3 is 4.74 Å². The summed E-state index contributed by atoms with van der Waals surface area (Å²) < 4.78 is 9.94. The van der Waals surface area contributed by atoms with E-state index in [0.29, 0.717) is 25.5 Å². The quantitative estimate of drug-likeness (QED) is 0.403. The molecule has 9 heteroatoms. The second-order valence-corrected chi connectivity index (χ2v) is 7.43. The van der Waals surface area contributed by atoms with Crippen LogP contribution in [0.4, 0.5) is 0 Å². The van der Waals surface area contributed by atoms with E-state index in [9.17, 15) is 0 Å². The summed E-state index contributed by atoms with van der Waals surface area (Å²) in [4.78, 5) is 13.9. The van der Waals surface area contributed by atoms with Gasteiger partial charge in [0.2, 0.25) is 0 Å². The van der Waals surface area contributed by atoms with Gasteiger partial charge in [0.1, 0.15) is 12.9 Å². The molecule has 0 atom stereocenters. The van der Waals surface area contributed by atoms with E-state index in [0.717, 1.165) is 45.7 Å². The molecule has 4 aromatic rings. The molecule has 0 aromatic carbocycles. The van der Waals surface area contributed by atoms with Gasteiger partial charge in [0, 0.05) is 31.0 Å². The minimum atomic E-state index is 0.402. The zero-order valence-corrected chi connectivity index (χ0v) is 18.0. The smallest absolute Gasteiger partial charge is 0.177 e. The summed E-state index contributed by atoms with van der Waals surface area (Å²) in [6.45, 7) is 5.15. The van der Waals surface area contributed by atoms with Crippen LogP contribution in [0.1, 0.15) is 43.0 Å². The van der Waals surface area contributed by atoms with Crippen LogP contribution in [0.5, 0.6) is 0 Å². The van der Waals surface area contributed by atoms with Crippen molar-refractivity contribution in [2.45, 2.75) is 39.7 Å². The van der Waals surface area contributed by atoms with E-state index in [1.807, 2.05) is 29.8 Å². The van der Waals surface area contributed by atoms with Crippen molar-refractivity contribution in [3.63, 3.8) is 0 Å². The minimum absolute atomic E-state index is 0.402. The molecule has 4 aromatic heterocycles. The number of aromatic nitrogens is 7. The first-order valence-corrected chi connectivity index (χ1v) is 10.4. The molecular formula is C20H22BrN7O. The molecule has 0 fully saturated rings. The Morgan fingerprint density at radius 2 is 2.03 bits per heavy atom. The lowest BCUT2D eigenvalue weighted by Crippen LogP contribution is -2.09. The molecule has 0 unspecified atom stereocenters. The number of halogens is 1. The minimum Gasteiger partial charge on any atom is -0.374 e. The molecule has 0 aliphatic rings. The van der Waals surface area contributed by atoms with Gasteiger partial charge in [0.05, 0.1) is 15.9 Å². The van der Waals surface area contributed by atoms with Crippen LogP contribution in [-0.2, 0) is 24.2 Å². The van der Waals surface area contributed by atoms with Crippen molar-refractivity contribution in [1.82, 2.24) is 34.3 Å². The highest BCUT2D eigenvalue weighted by atomic mass is 79.9. The number of rotatable bonds is 8. The first-order chi connectivity index (χ1) is 14.2. The normalized spacial score (nSPS) is 11.4. The van der Waals surface area contributed by atoms with Gasteiger partial charge in [-0.1, -0.05) is 13.3 Å². The molecule has 4 rings (SSSR count). The topological polar surface area (TPSA) is 83.0 Å². The molecule has 0 amide bonds.